The number of nitrogen functional groups attached to an aromatic ring is 1. The minimum Gasteiger partial charge on any atom is -0.383 e. The largest absolute Gasteiger partial charge is 0.383 e. The highest BCUT2D eigenvalue weighted by Crippen LogP contribution is 2.25. The molecular weight excluding hydrogens is 262 g/mol. The summed E-state index contributed by atoms with van der Waals surface area (Å²) in [5.74, 6) is 1.55. The van der Waals surface area contributed by atoms with Gasteiger partial charge in [-0.25, -0.2) is 9.97 Å². The highest BCUT2D eigenvalue weighted by atomic mass is 32.2. The van der Waals surface area contributed by atoms with Crippen LogP contribution in [0.5, 0.6) is 0 Å². The molecule has 4 N–H and O–H groups in total. The van der Waals surface area contributed by atoms with E-state index in [2.05, 4.69) is 14.9 Å². The number of nitrogens with zero attached hydrogens (tertiary/aromatic N) is 3. The number of hydrogen-bond acceptors (Lipinski definition) is 6. The van der Waals surface area contributed by atoms with Crippen LogP contribution in [0.3, 0.4) is 0 Å². The fraction of sp³-hybridized carbons (Fsp3) is 0.583. The van der Waals surface area contributed by atoms with Crippen LogP contribution in [-0.4, -0.2) is 35.2 Å². The molecule has 0 radical (unpaired) electrons. The minimum atomic E-state index is -0.214. The predicted octanol–water partition coefficient (Wildman–Crippen LogP) is 0.872. The van der Waals surface area contributed by atoms with Crippen LogP contribution in [0.4, 0.5) is 11.6 Å². The summed E-state index contributed by atoms with van der Waals surface area (Å²) in [6.45, 7) is 1.75. The first-order valence-corrected chi connectivity index (χ1v) is 7.52. The molecule has 0 aliphatic carbocycles. The van der Waals surface area contributed by atoms with E-state index in [9.17, 15) is 4.79 Å². The monoisotopic (exact) mass is 281 g/mol. The molecule has 6 nitrogen and oxygen atoms in total. The maximum atomic E-state index is 10.9. The SMILES string of the molecule is CSc1nc(N)cc(N2CCC(CC(N)=O)CC2)n1. The Morgan fingerprint density at radius 2 is 2.16 bits per heavy atom. The number of rotatable bonds is 4. The van der Waals surface area contributed by atoms with Gasteiger partial charge in [-0.1, -0.05) is 11.8 Å². The third-order valence-electron chi connectivity index (χ3n) is 3.32. The third kappa shape index (κ3) is 3.73. The molecule has 0 bridgehead atoms. The van der Waals surface area contributed by atoms with Crippen molar-refractivity contribution in [1.82, 2.24) is 9.97 Å². The minimum absolute atomic E-state index is 0.214. The molecule has 1 amide bonds. The molecule has 1 saturated heterocycles. The Morgan fingerprint density at radius 1 is 1.47 bits per heavy atom. The lowest BCUT2D eigenvalue weighted by molar-refractivity contribution is -0.119. The summed E-state index contributed by atoms with van der Waals surface area (Å²) in [5.41, 5.74) is 11.0. The van der Waals surface area contributed by atoms with Crippen molar-refractivity contribution in [3.63, 3.8) is 0 Å². The van der Waals surface area contributed by atoms with Gasteiger partial charge in [0.05, 0.1) is 0 Å². The van der Waals surface area contributed by atoms with Crippen molar-refractivity contribution in [3.05, 3.63) is 6.07 Å². The van der Waals surface area contributed by atoms with E-state index in [-0.39, 0.29) is 5.91 Å². The lowest BCUT2D eigenvalue weighted by atomic mass is 9.93. The van der Waals surface area contributed by atoms with Crippen molar-refractivity contribution in [1.29, 1.82) is 0 Å². The van der Waals surface area contributed by atoms with E-state index < -0.39 is 0 Å². The second kappa shape index (κ2) is 6.10. The Kier molecular flexibility index (Phi) is 4.47. The van der Waals surface area contributed by atoms with Gasteiger partial charge in [-0.2, -0.15) is 0 Å². The van der Waals surface area contributed by atoms with Crippen LogP contribution < -0.4 is 16.4 Å². The molecule has 1 fully saturated rings. The number of amides is 1. The zero-order valence-electron chi connectivity index (χ0n) is 11.0. The van der Waals surface area contributed by atoms with Crippen LogP contribution >= 0.6 is 11.8 Å². The van der Waals surface area contributed by atoms with Crippen molar-refractivity contribution in [3.8, 4) is 0 Å². The van der Waals surface area contributed by atoms with Crippen LogP contribution in [0.15, 0.2) is 11.2 Å². The fourth-order valence-corrected chi connectivity index (χ4v) is 2.72. The number of aromatic nitrogens is 2. The van der Waals surface area contributed by atoms with Crippen LogP contribution in [0, 0.1) is 5.92 Å². The summed E-state index contributed by atoms with van der Waals surface area (Å²) < 4.78 is 0. The molecule has 0 aromatic carbocycles. The summed E-state index contributed by atoms with van der Waals surface area (Å²) in [7, 11) is 0. The molecule has 2 rings (SSSR count). The number of thioether (sulfide) groups is 1. The molecule has 0 atom stereocenters. The maximum absolute atomic E-state index is 10.9. The van der Waals surface area contributed by atoms with Gasteiger partial charge in [0, 0.05) is 25.6 Å². The van der Waals surface area contributed by atoms with E-state index in [0.29, 0.717) is 23.3 Å². The van der Waals surface area contributed by atoms with Gasteiger partial charge in [0.1, 0.15) is 11.6 Å². The molecule has 2 heterocycles. The molecular formula is C12H19N5OS. The molecule has 1 aromatic rings. The number of anilines is 2. The number of piperidine rings is 1. The molecule has 0 saturated carbocycles. The van der Waals surface area contributed by atoms with Gasteiger partial charge in [-0.05, 0) is 25.0 Å². The van der Waals surface area contributed by atoms with Gasteiger partial charge >= 0.3 is 0 Å². The van der Waals surface area contributed by atoms with Gasteiger partial charge in [-0.3, -0.25) is 4.79 Å². The lowest BCUT2D eigenvalue weighted by Crippen LogP contribution is -2.35. The number of carbonyl (C=O) groups excluding carboxylic acids is 1. The topological polar surface area (TPSA) is 98.1 Å². The standard InChI is InChI=1S/C12H19N5OS/c1-19-12-15-9(13)7-11(16-12)17-4-2-8(3-5-17)6-10(14)18/h7-8H,2-6H2,1H3,(H2,14,18)(H2,13,15,16). The van der Waals surface area contributed by atoms with E-state index in [1.54, 1.807) is 6.07 Å². The van der Waals surface area contributed by atoms with Crippen molar-refractivity contribution in [2.24, 2.45) is 11.7 Å². The van der Waals surface area contributed by atoms with Gasteiger partial charge in [0.25, 0.3) is 0 Å². The Morgan fingerprint density at radius 3 is 2.74 bits per heavy atom. The summed E-state index contributed by atoms with van der Waals surface area (Å²) in [4.78, 5) is 21.7. The van der Waals surface area contributed by atoms with E-state index in [0.717, 1.165) is 31.7 Å². The Hall–Kier alpha value is -1.50. The maximum Gasteiger partial charge on any atom is 0.217 e. The summed E-state index contributed by atoms with van der Waals surface area (Å²) in [6, 6.07) is 1.80. The molecule has 1 aromatic heterocycles. The van der Waals surface area contributed by atoms with Crippen LogP contribution in [0.1, 0.15) is 19.3 Å². The number of nitrogens with two attached hydrogens (primary N) is 2. The second-order valence-electron chi connectivity index (χ2n) is 4.74. The van der Waals surface area contributed by atoms with E-state index in [1.807, 2.05) is 6.26 Å². The molecule has 0 unspecified atom stereocenters. The highest BCUT2D eigenvalue weighted by molar-refractivity contribution is 7.98. The zero-order valence-corrected chi connectivity index (χ0v) is 11.8. The van der Waals surface area contributed by atoms with Gasteiger partial charge < -0.3 is 16.4 Å². The third-order valence-corrected chi connectivity index (χ3v) is 3.87. The normalized spacial score (nSPS) is 16.6. The Bertz CT molecular complexity index is 459. The second-order valence-corrected chi connectivity index (χ2v) is 5.51. The Balaban J connectivity index is 2.01. The van der Waals surface area contributed by atoms with Crippen molar-refractivity contribution in [2.75, 3.05) is 30.0 Å². The van der Waals surface area contributed by atoms with E-state index in [4.69, 9.17) is 11.5 Å². The summed E-state index contributed by atoms with van der Waals surface area (Å²) in [6.07, 6.45) is 4.33. The molecule has 1 aliphatic rings. The highest BCUT2D eigenvalue weighted by Gasteiger charge is 2.22. The average molecular weight is 281 g/mol. The molecule has 19 heavy (non-hydrogen) atoms. The molecule has 7 heteroatoms. The quantitative estimate of drug-likeness (QED) is 0.628. The molecule has 1 aliphatic heterocycles. The number of carbonyl (C=O) groups is 1. The van der Waals surface area contributed by atoms with E-state index in [1.165, 1.54) is 11.8 Å². The first-order valence-electron chi connectivity index (χ1n) is 6.30. The zero-order chi connectivity index (χ0) is 13.8. The first kappa shape index (κ1) is 13.9. The van der Waals surface area contributed by atoms with Crippen LogP contribution in [0.2, 0.25) is 0 Å². The summed E-state index contributed by atoms with van der Waals surface area (Å²) >= 11 is 1.48. The van der Waals surface area contributed by atoms with Crippen molar-refractivity contribution in [2.45, 2.75) is 24.4 Å². The number of primary amides is 1. The van der Waals surface area contributed by atoms with Gasteiger partial charge in [0.2, 0.25) is 5.91 Å². The first-order chi connectivity index (χ1) is 9.08. The lowest BCUT2D eigenvalue weighted by Gasteiger charge is -2.32. The summed E-state index contributed by atoms with van der Waals surface area (Å²) in [5, 5.41) is 0.689. The van der Waals surface area contributed by atoms with Gasteiger partial charge in [-0.15, -0.1) is 0 Å². The molecule has 0 spiro atoms. The number of hydrogen-bond donors (Lipinski definition) is 2. The van der Waals surface area contributed by atoms with E-state index >= 15 is 0 Å². The van der Waals surface area contributed by atoms with Crippen molar-refractivity contribution < 1.29 is 4.79 Å². The predicted molar refractivity (Wildman–Crippen MR) is 77.0 cm³/mol. The molecule has 104 valence electrons. The van der Waals surface area contributed by atoms with Crippen molar-refractivity contribution >= 4 is 29.3 Å². The smallest absolute Gasteiger partial charge is 0.217 e. The van der Waals surface area contributed by atoms with Crippen LogP contribution in [-0.2, 0) is 4.79 Å². The fourth-order valence-electron chi connectivity index (χ4n) is 2.33. The Labute approximate surface area is 117 Å². The van der Waals surface area contributed by atoms with Gasteiger partial charge in [0.15, 0.2) is 5.16 Å². The van der Waals surface area contributed by atoms with Crippen LogP contribution in [0.25, 0.3) is 0 Å². The average Bonchev–Trinajstić information content (AvgIpc) is 2.38.